The molecule has 4 rings (SSSR count). The van der Waals surface area contributed by atoms with Gasteiger partial charge in [-0.1, -0.05) is 139 Å². The number of carbonyl (C=O) groups excluding carboxylic acids is 1. The van der Waals surface area contributed by atoms with Crippen molar-refractivity contribution >= 4 is 5.97 Å². The van der Waals surface area contributed by atoms with Gasteiger partial charge in [0, 0.05) is 6.42 Å². The van der Waals surface area contributed by atoms with Crippen LogP contribution < -0.4 is 0 Å². The Morgan fingerprint density at radius 2 is 1.42 bits per heavy atom. The zero-order chi connectivity index (χ0) is 35.1. The Morgan fingerprint density at radius 3 is 2.02 bits per heavy atom. The zero-order valence-electron chi connectivity index (χ0n) is 32.5. The maximum atomic E-state index is 13.5. The Morgan fingerprint density at radius 1 is 0.812 bits per heavy atom. The molecular formula is C44H76O4. The van der Waals surface area contributed by atoms with Gasteiger partial charge >= 0.3 is 5.97 Å². The third-order valence-corrected chi connectivity index (χ3v) is 14.5. The fraction of sp³-hybridized carbons (Fsp3) is 0.886. The van der Waals surface area contributed by atoms with Gasteiger partial charge in [0.25, 0.3) is 0 Å². The van der Waals surface area contributed by atoms with Crippen LogP contribution in [0.5, 0.6) is 0 Å². The molecule has 0 radical (unpaired) electrons. The van der Waals surface area contributed by atoms with Gasteiger partial charge < -0.3 is 14.9 Å². The summed E-state index contributed by atoms with van der Waals surface area (Å²) in [6.07, 6.45) is 22.5. The molecule has 0 spiro atoms. The van der Waals surface area contributed by atoms with Gasteiger partial charge in [-0.3, -0.25) is 4.79 Å². The van der Waals surface area contributed by atoms with E-state index in [0.29, 0.717) is 36.5 Å². The first-order chi connectivity index (χ1) is 22.8. The van der Waals surface area contributed by atoms with E-state index in [-0.39, 0.29) is 34.7 Å². The van der Waals surface area contributed by atoms with Crippen LogP contribution in [0.3, 0.4) is 0 Å². The van der Waals surface area contributed by atoms with E-state index in [1.165, 1.54) is 88.2 Å². The molecule has 4 aliphatic carbocycles. The Kier molecular flexibility index (Phi) is 14.8. The SMILES string of the molecule is C=C1C(O)CCC2(C)C1CC(O)C1=C3C(OC(=O)CCCCCCCCCCCCCC)CC(C(C)CCC(C)C(C)C)C3(C)CCC12. The minimum absolute atomic E-state index is 0.0147. The minimum Gasteiger partial charge on any atom is -0.458 e. The minimum atomic E-state index is -0.558. The summed E-state index contributed by atoms with van der Waals surface area (Å²) >= 11 is 0. The van der Waals surface area contributed by atoms with Crippen molar-refractivity contribution in [3.63, 3.8) is 0 Å². The Hall–Kier alpha value is -1.13. The third-order valence-electron chi connectivity index (χ3n) is 14.5. The Balaban J connectivity index is 1.43. The molecular weight excluding hydrogens is 592 g/mol. The highest BCUT2D eigenvalue weighted by molar-refractivity contribution is 5.70. The largest absolute Gasteiger partial charge is 0.458 e. The number of hydrogen-bond acceptors (Lipinski definition) is 4. The number of aliphatic hydroxyl groups excluding tert-OH is 2. The first-order valence-corrected chi connectivity index (χ1v) is 20.8. The van der Waals surface area contributed by atoms with E-state index in [9.17, 15) is 15.0 Å². The summed E-state index contributed by atoms with van der Waals surface area (Å²) in [6.45, 7) is 20.9. The monoisotopic (exact) mass is 669 g/mol. The van der Waals surface area contributed by atoms with Crippen LogP contribution in [0.2, 0.25) is 0 Å². The summed E-state index contributed by atoms with van der Waals surface area (Å²) in [6, 6.07) is 0. The molecule has 10 atom stereocenters. The average Bonchev–Trinajstić information content (AvgIpc) is 3.34. The lowest BCUT2D eigenvalue weighted by Gasteiger charge is -2.58. The van der Waals surface area contributed by atoms with E-state index in [2.05, 4.69) is 55.0 Å². The molecule has 0 aliphatic heterocycles. The molecule has 4 nitrogen and oxygen atoms in total. The molecule has 48 heavy (non-hydrogen) atoms. The van der Waals surface area contributed by atoms with E-state index < -0.39 is 12.2 Å². The summed E-state index contributed by atoms with van der Waals surface area (Å²) in [5.41, 5.74) is 3.35. The normalized spacial score (nSPS) is 34.5. The number of aliphatic hydroxyl groups is 2. The molecule has 3 saturated carbocycles. The van der Waals surface area contributed by atoms with Crippen molar-refractivity contribution in [2.45, 2.75) is 202 Å². The van der Waals surface area contributed by atoms with Gasteiger partial charge in [-0.2, -0.15) is 0 Å². The van der Waals surface area contributed by atoms with Crippen molar-refractivity contribution in [2.24, 2.45) is 46.3 Å². The van der Waals surface area contributed by atoms with E-state index in [1.54, 1.807) is 0 Å². The highest BCUT2D eigenvalue weighted by Crippen LogP contribution is 2.66. The van der Waals surface area contributed by atoms with E-state index in [1.807, 2.05) is 0 Å². The summed E-state index contributed by atoms with van der Waals surface area (Å²) in [4.78, 5) is 13.5. The van der Waals surface area contributed by atoms with Crippen LogP contribution in [0.1, 0.15) is 183 Å². The maximum Gasteiger partial charge on any atom is 0.306 e. The number of unbranched alkanes of at least 4 members (excludes halogenated alkanes) is 11. The van der Waals surface area contributed by atoms with E-state index in [4.69, 9.17) is 4.74 Å². The lowest BCUT2D eigenvalue weighted by Crippen LogP contribution is -2.53. The fourth-order valence-corrected chi connectivity index (χ4v) is 10.9. The van der Waals surface area contributed by atoms with Gasteiger partial charge in [-0.25, -0.2) is 0 Å². The Bertz CT molecular complexity index is 1080. The summed E-state index contributed by atoms with van der Waals surface area (Å²) in [5, 5.41) is 22.6. The second-order valence-electron chi connectivity index (χ2n) is 18.1. The molecule has 0 amide bonds. The molecule has 0 aromatic heterocycles. The number of fused-ring (bicyclic) bond motifs is 4. The molecule has 3 fully saturated rings. The van der Waals surface area contributed by atoms with Crippen molar-refractivity contribution < 1.29 is 19.7 Å². The van der Waals surface area contributed by atoms with Crippen LogP contribution >= 0.6 is 0 Å². The van der Waals surface area contributed by atoms with Gasteiger partial charge in [0.1, 0.15) is 6.10 Å². The van der Waals surface area contributed by atoms with Gasteiger partial charge in [-0.05, 0) is 108 Å². The lowest BCUT2D eigenvalue weighted by atomic mass is 9.47. The van der Waals surface area contributed by atoms with Gasteiger partial charge in [0.2, 0.25) is 0 Å². The lowest BCUT2D eigenvalue weighted by molar-refractivity contribution is -0.147. The topological polar surface area (TPSA) is 66.8 Å². The zero-order valence-corrected chi connectivity index (χ0v) is 32.5. The molecule has 4 aliphatic rings. The van der Waals surface area contributed by atoms with Crippen LogP contribution in [0.15, 0.2) is 23.3 Å². The van der Waals surface area contributed by atoms with E-state index >= 15 is 0 Å². The van der Waals surface area contributed by atoms with Crippen LogP contribution in [0.25, 0.3) is 0 Å². The number of rotatable bonds is 19. The smallest absolute Gasteiger partial charge is 0.306 e. The summed E-state index contributed by atoms with van der Waals surface area (Å²) in [7, 11) is 0. The van der Waals surface area contributed by atoms with Crippen LogP contribution in [-0.4, -0.2) is 34.5 Å². The van der Waals surface area contributed by atoms with Gasteiger partial charge in [0.15, 0.2) is 0 Å². The predicted molar refractivity (Wildman–Crippen MR) is 201 cm³/mol. The van der Waals surface area contributed by atoms with Crippen molar-refractivity contribution in [1.29, 1.82) is 0 Å². The highest BCUT2D eigenvalue weighted by Gasteiger charge is 2.61. The number of carbonyl (C=O) groups is 1. The second kappa shape index (κ2) is 17.9. The van der Waals surface area contributed by atoms with Crippen LogP contribution in [0, 0.1) is 46.3 Å². The summed E-state index contributed by atoms with van der Waals surface area (Å²) < 4.78 is 6.53. The first-order valence-electron chi connectivity index (χ1n) is 20.8. The third kappa shape index (κ3) is 9.02. The molecule has 0 aromatic carbocycles. The standard InChI is InChI=1S/C44H76O4/c1-9-10-11-12-13-14-15-16-17-18-19-20-21-40(47)48-39-29-35(32(5)23-22-31(4)30(2)3)44(8)26-24-34-41(42(39)44)38(46)28-36-33(6)37(45)25-27-43(34,36)7/h30-32,34-39,45-46H,6,9-29H2,1-5,7-8H3. The van der Waals surface area contributed by atoms with Crippen molar-refractivity contribution in [2.75, 3.05) is 0 Å². The quantitative estimate of drug-likeness (QED) is 0.0816. The predicted octanol–water partition coefficient (Wildman–Crippen LogP) is 11.5. The van der Waals surface area contributed by atoms with Crippen molar-refractivity contribution in [3.05, 3.63) is 23.3 Å². The summed E-state index contributed by atoms with van der Waals surface area (Å²) in [5.74, 6) is 2.72. The Labute approximate surface area is 296 Å². The first kappa shape index (κ1) is 39.7. The second-order valence-corrected chi connectivity index (χ2v) is 18.1. The molecule has 0 aromatic rings. The molecule has 0 heterocycles. The number of hydrogen-bond donors (Lipinski definition) is 2. The maximum absolute atomic E-state index is 13.5. The molecule has 4 heteroatoms. The van der Waals surface area contributed by atoms with Crippen LogP contribution in [-0.2, 0) is 9.53 Å². The molecule has 10 unspecified atom stereocenters. The van der Waals surface area contributed by atoms with E-state index in [0.717, 1.165) is 50.5 Å². The fourth-order valence-electron chi connectivity index (χ4n) is 10.9. The van der Waals surface area contributed by atoms with Gasteiger partial charge in [-0.15, -0.1) is 0 Å². The number of ether oxygens (including phenoxy) is 1. The van der Waals surface area contributed by atoms with Gasteiger partial charge in [0.05, 0.1) is 12.2 Å². The highest BCUT2D eigenvalue weighted by atomic mass is 16.5. The molecule has 0 saturated heterocycles. The molecule has 0 bridgehead atoms. The average molecular weight is 669 g/mol. The van der Waals surface area contributed by atoms with Crippen molar-refractivity contribution in [3.8, 4) is 0 Å². The molecule has 276 valence electrons. The molecule has 2 N–H and O–H groups in total. The van der Waals surface area contributed by atoms with Crippen LogP contribution in [0.4, 0.5) is 0 Å². The number of esters is 1. The van der Waals surface area contributed by atoms with Crippen molar-refractivity contribution in [1.82, 2.24) is 0 Å².